The first-order valence-corrected chi connectivity index (χ1v) is 7.12. The van der Waals surface area contributed by atoms with Crippen molar-refractivity contribution in [1.82, 2.24) is 0 Å². The van der Waals surface area contributed by atoms with Crippen molar-refractivity contribution in [3.63, 3.8) is 0 Å². The molecule has 1 aliphatic rings. The van der Waals surface area contributed by atoms with Gasteiger partial charge in [0, 0.05) is 0 Å². The lowest BCUT2D eigenvalue weighted by molar-refractivity contribution is -0.152. The minimum absolute atomic E-state index is 0.0930. The molecule has 0 aliphatic carbocycles. The molecule has 2 unspecified atom stereocenters. The molecule has 2 aromatic carbocycles. The second-order valence-corrected chi connectivity index (χ2v) is 4.95. The molecular weight excluding hydrogens is 278 g/mol. The first kappa shape index (κ1) is 14.4. The maximum Gasteiger partial charge on any atom is 0.341 e. The van der Waals surface area contributed by atoms with E-state index in [9.17, 15) is 4.79 Å². The van der Waals surface area contributed by atoms with Crippen LogP contribution in [0, 0.1) is 0 Å². The zero-order valence-electron chi connectivity index (χ0n) is 12.3. The van der Waals surface area contributed by atoms with E-state index in [1.165, 1.54) is 7.11 Å². The second-order valence-electron chi connectivity index (χ2n) is 4.95. The van der Waals surface area contributed by atoms with Crippen molar-refractivity contribution < 1.29 is 14.4 Å². The summed E-state index contributed by atoms with van der Waals surface area (Å²) in [6.45, 7) is 0. The van der Waals surface area contributed by atoms with Crippen LogP contribution in [-0.2, 0) is 14.4 Å². The van der Waals surface area contributed by atoms with E-state index in [0.717, 1.165) is 11.3 Å². The molecule has 4 heteroatoms. The molecule has 0 amide bonds. The molecule has 0 aromatic heterocycles. The van der Waals surface area contributed by atoms with E-state index in [1.54, 1.807) is 11.1 Å². The molecule has 3 rings (SSSR count). The van der Waals surface area contributed by atoms with E-state index >= 15 is 0 Å². The molecule has 2 aromatic rings. The Labute approximate surface area is 129 Å². The Morgan fingerprint density at radius 1 is 1.00 bits per heavy atom. The summed E-state index contributed by atoms with van der Waals surface area (Å²) >= 11 is 0. The summed E-state index contributed by atoms with van der Waals surface area (Å²) in [5, 5.41) is 1.75. The Balaban J connectivity index is 1.97. The largest absolute Gasteiger partial charge is 0.467 e. The highest BCUT2D eigenvalue weighted by atomic mass is 16.7. The van der Waals surface area contributed by atoms with Crippen LogP contribution in [-0.4, -0.2) is 19.2 Å². The third kappa shape index (κ3) is 2.87. The lowest BCUT2D eigenvalue weighted by Crippen LogP contribution is -2.39. The summed E-state index contributed by atoms with van der Waals surface area (Å²) in [6.07, 6.45) is 2.97. The molecule has 22 heavy (non-hydrogen) atoms. The topological polar surface area (TPSA) is 38.8 Å². The van der Waals surface area contributed by atoms with Gasteiger partial charge < -0.3 is 4.74 Å². The van der Waals surface area contributed by atoms with Crippen LogP contribution in [0.1, 0.15) is 11.6 Å². The summed E-state index contributed by atoms with van der Waals surface area (Å²) in [6, 6.07) is 19.6. The molecule has 0 saturated heterocycles. The van der Waals surface area contributed by atoms with E-state index < -0.39 is 12.1 Å². The number of hydrogen-bond donors (Lipinski definition) is 0. The minimum Gasteiger partial charge on any atom is -0.467 e. The van der Waals surface area contributed by atoms with Gasteiger partial charge in [0.05, 0.1) is 18.8 Å². The molecule has 0 fully saturated rings. The monoisotopic (exact) mass is 295 g/mol. The summed E-state index contributed by atoms with van der Waals surface area (Å²) in [7, 11) is 1.36. The van der Waals surface area contributed by atoms with Gasteiger partial charge in [-0.15, -0.1) is 0 Å². The van der Waals surface area contributed by atoms with Gasteiger partial charge in [-0.05, 0) is 23.8 Å². The van der Waals surface area contributed by atoms with Gasteiger partial charge >= 0.3 is 5.97 Å². The summed E-state index contributed by atoms with van der Waals surface area (Å²) in [5.74, 6) is -0.413. The number of rotatable bonds is 3. The highest BCUT2D eigenvalue weighted by Crippen LogP contribution is 2.32. The number of ether oxygens (including phenoxy) is 1. The molecule has 2 atom stereocenters. The fourth-order valence-electron chi connectivity index (χ4n) is 2.44. The van der Waals surface area contributed by atoms with Crippen molar-refractivity contribution in [2.75, 3.05) is 12.2 Å². The Hall–Kier alpha value is -2.59. The van der Waals surface area contributed by atoms with Crippen molar-refractivity contribution in [2.45, 2.75) is 12.1 Å². The van der Waals surface area contributed by atoms with E-state index in [-0.39, 0.29) is 6.04 Å². The molecule has 4 nitrogen and oxygen atoms in total. The average molecular weight is 295 g/mol. The Bertz CT molecular complexity index is 655. The van der Waals surface area contributed by atoms with E-state index in [4.69, 9.17) is 9.57 Å². The SMILES string of the molecule is COC(=O)C1C=CC(c2ccccc2)N(c2ccccc2)O1. The molecule has 1 heterocycles. The Kier molecular flexibility index (Phi) is 4.21. The number of carbonyl (C=O) groups is 1. The highest BCUT2D eigenvalue weighted by Gasteiger charge is 2.30. The van der Waals surface area contributed by atoms with Crippen LogP contribution in [0.25, 0.3) is 0 Å². The molecular formula is C18H17NO3. The molecule has 1 aliphatic heterocycles. The first-order chi connectivity index (χ1) is 10.8. The van der Waals surface area contributed by atoms with E-state index in [0.29, 0.717) is 0 Å². The van der Waals surface area contributed by atoms with Gasteiger partial charge in [-0.2, -0.15) is 0 Å². The summed E-state index contributed by atoms with van der Waals surface area (Å²) < 4.78 is 4.77. The van der Waals surface area contributed by atoms with Gasteiger partial charge in [0.2, 0.25) is 6.10 Å². The number of anilines is 1. The standard InChI is InChI=1S/C18H17NO3/c1-21-18(20)17-13-12-16(14-8-4-2-5-9-14)19(22-17)15-10-6-3-7-11-15/h2-13,16-17H,1H3. The van der Waals surface area contributed by atoms with Gasteiger partial charge in [0.25, 0.3) is 0 Å². The zero-order valence-corrected chi connectivity index (χ0v) is 12.3. The van der Waals surface area contributed by atoms with Crippen LogP contribution in [0.15, 0.2) is 72.8 Å². The second kappa shape index (κ2) is 6.45. The predicted molar refractivity (Wildman–Crippen MR) is 84.1 cm³/mol. The minimum atomic E-state index is -0.731. The number of hydrogen-bond acceptors (Lipinski definition) is 4. The van der Waals surface area contributed by atoms with Gasteiger partial charge in [0.1, 0.15) is 0 Å². The highest BCUT2D eigenvalue weighted by molar-refractivity contribution is 5.77. The van der Waals surface area contributed by atoms with Gasteiger partial charge in [-0.1, -0.05) is 54.6 Å². The normalized spacial score (nSPS) is 20.7. The van der Waals surface area contributed by atoms with Crippen molar-refractivity contribution in [3.05, 3.63) is 78.4 Å². The number of esters is 1. The Morgan fingerprint density at radius 2 is 1.64 bits per heavy atom. The number of nitrogens with zero attached hydrogens (tertiary/aromatic N) is 1. The van der Waals surface area contributed by atoms with Crippen molar-refractivity contribution in [1.29, 1.82) is 0 Å². The zero-order chi connectivity index (χ0) is 15.4. The maximum absolute atomic E-state index is 11.8. The van der Waals surface area contributed by atoms with Crippen LogP contribution < -0.4 is 5.06 Å². The summed E-state index contributed by atoms with van der Waals surface area (Å²) in [5.41, 5.74) is 1.97. The number of methoxy groups -OCH3 is 1. The third-order valence-electron chi connectivity index (χ3n) is 3.53. The van der Waals surface area contributed by atoms with Gasteiger partial charge in [0.15, 0.2) is 0 Å². The van der Waals surface area contributed by atoms with Crippen LogP contribution in [0.3, 0.4) is 0 Å². The fraction of sp³-hybridized carbons (Fsp3) is 0.167. The maximum atomic E-state index is 11.8. The Morgan fingerprint density at radius 3 is 2.27 bits per heavy atom. The number of carbonyl (C=O) groups excluding carboxylic acids is 1. The number of para-hydroxylation sites is 1. The summed E-state index contributed by atoms with van der Waals surface area (Å²) in [4.78, 5) is 17.6. The quantitative estimate of drug-likeness (QED) is 0.643. The lowest BCUT2D eigenvalue weighted by atomic mass is 10.0. The molecule has 112 valence electrons. The number of benzene rings is 2. The van der Waals surface area contributed by atoms with E-state index in [2.05, 4.69) is 0 Å². The van der Waals surface area contributed by atoms with Crippen molar-refractivity contribution in [2.24, 2.45) is 0 Å². The fourth-order valence-corrected chi connectivity index (χ4v) is 2.44. The van der Waals surface area contributed by atoms with Crippen molar-refractivity contribution in [3.8, 4) is 0 Å². The van der Waals surface area contributed by atoms with Gasteiger partial charge in [-0.25, -0.2) is 9.86 Å². The van der Waals surface area contributed by atoms with Crippen LogP contribution in [0.4, 0.5) is 5.69 Å². The molecule has 0 spiro atoms. The van der Waals surface area contributed by atoms with Crippen LogP contribution >= 0.6 is 0 Å². The molecule has 0 bridgehead atoms. The third-order valence-corrected chi connectivity index (χ3v) is 3.53. The first-order valence-electron chi connectivity index (χ1n) is 7.12. The predicted octanol–water partition coefficient (Wildman–Crippen LogP) is 3.28. The van der Waals surface area contributed by atoms with Crippen molar-refractivity contribution >= 4 is 11.7 Å². The molecule has 0 N–H and O–H groups in total. The molecule has 0 saturated carbocycles. The number of hydroxylamine groups is 1. The smallest absolute Gasteiger partial charge is 0.341 e. The van der Waals surface area contributed by atoms with Crippen LogP contribution in [0.5, 0.6) is 0 Å². The van der Waals surface area contributed by atoms with Gasteiger partial charge in [-0.3, -0.25) is 4.84 Å². The molecule has 0 radical (unpaired) electrons. The average Bonchev–Trinajstić information content (AvgIpc) is 2.62. The van der Waals surface area contributed by atoms with Crippen LogP contribution in [0.2, 0.25) is 0 Å². The van der Waals surface area contributed by atoms with E-state index in [1.807, 2.05) is 66.7 Å². The lowest BCUT2D eigenvalue weighted by Gasteiger charge is -2.36.